The van der Waals surface area contributed by atoms with Gasteiger partial charge < -0.3 is 21.4 Å². The number of amidine groups is 1. The molecule has 16 heavy (non-hydrogen) atoms. The average molecular weight is 229 g/mol. The lowest BCUT2D eigenvalue weighted by molar-refractivity contribution is 0.00319. The molecule has 1 rings (SSSR count). The Morgan fingerprint density at radius 2 is 2.06 bits per heavy atom. The zero-order valence-electron chi connectivity index (χ0n) is 9.95. The molecule has 0 aromatic heterocycles. The zero-order valence-corrected chi connectivity index (χ0v) is 9.95. The molecule has 0 bridgehead atoms. The van der Waals surface area contributed by atoms with Crippen LogP contribution in [0.3, 0.4) is 0 Å². The second kappa shape index (κ2) is 6.06. The number of rotatable bonds is 5. The van der Waals surface area contributed by atoms with Gasteiger partial charge in [-0.2, -0.15) is 0 Å². The van der Waals surface area contributed by atoms with Crippen LogP contribution >= 0.6 is 0 Å². The Hall–Kier alpha value is -0.810. The van der Waals surface area contributed by atoms with Crippen molar-refractivity contribution < 1.29 is 10.3 Å². The molecule has 0 heterocycles. The normalized spacial score (nSPS) is 23.0. The minimum atomic E-state index is -0.558. The molecule has 0 amide bonds. The van der Waals surface area contributed by atoms with Crippen molar-refractivity contribution >= 4 is 5.84 Å². The van der Waals surface area contributed by atoms with Crippen LogP contribution in [0.1, 0.15) is 45.4 Å². The number of hydrogen-bond acceptors (Lipinski definition) is 4. The predicted octanol–water partition coefficient (Wildman–Crippen LogP) is 0.796. The van der Waals surface area contributed by atoms with Crippen molar-refractivity contribution in [1.82, 2.24) is 5.32 Å². The first kappa shape index (κ1) is 13.3. The van der Waals surface area contributed by atoms with E-state index in [4.69, 9.17) is 10.9 Å². The van der Waals surface area contributed by atoms with Gasteiger partial charge in [-0.05, 0) is 19.8 Å². The molecule has 1 aliphatic rings. The highest BCUT2D eigenvalue weighted by Crippen LogP contribution is 2.27. The molecule has 0 saturated heterocycles. The van der Waals surface area contributed by atoms with E-state index in [1.165, 1.54) is 6.42 Å². The van der Waals surface area contributed by atoms with Gasteiger partial charge in [-0.15, -0.1) is 0 Å². The van der Waals surface area contributed by atoms with Crippen LogP contribution in [-0.2, 0) is 0 Å². The van der Waals surface area contributed by atoms with Gasteiger partial charge in [0.15, 0.2) is 0 Å². The number of oxime groups is 1. The van der Waals surface area contributed by atoms with Crippen molar-refractivity contribution in [2.75, 3.05) is 6.54 Å². The van der Waals surface area contributed by atoms with E-state index < -0.39 is 5.60 Å². The van der Waals surface area contributed by atoms with E-state index in [9.17, 15) is 5.11 Å². The molecule has 94 valence electrons. The van der Waals surface area contributed by atoms with E-state index in [1.807, 2.05) is 6.92 Å². The minimum absolute atomic E-state index is 0.113. The molecular formula is C11H23N3O2. The maximum atomic E-state index is 10.2. The summed E-state index contributed by atoms with van der Waals surface area (Å²) in [6.45, 7) is 2.55. The summed E-state index contributed by atoms with van der Waals surface area (Å²) in [4.78, 5) is 0. The number of nitrogens with two attached hydrogens (primary N) is 1. The van der Waals surface area contributed by atoms with Gasteiger partial charge in [0, 0.05) is 19.0 Å². The summed E-state index contributed by atoms with van der Waals surface area (Å²) in [6, 6.07) is 0.113. The Balaban J connectivity index is 2.27. The van der Waals surface area contributed by atoms with Crippen molar-refractivity contribution in [3.63, 3.8) is 0 Å². The smallest absolute Gasteiger partial charge is 0.140 e. The Labute approximate surface area is 96.7 Å². The maximum absolute atomic E-state index is 10.2. The summed E-state index contributed by atoms with van der Waals surface area (Å²) in [5, 5.41) is 24.8. The third-order valence-corrected chi connectivity index (χ3v) is 3.21. The molecule has 1 aliphatic carbocycles. The van der Waals surface area contributed by atoms with Gasteiger partial charge >= 0.3 is 0 Å². The molecule has 0 aromatic rings. The molecule has 0 aromatic carbocycles. The summed E-state index contributed by atoms with van der Waals surface area (Å²) < 4.78 is 0. The van der Waals surface area contributed by atoms with Crippen LogP contribution in [0.25, 0.3) is 0 Å². The SMILES string of the molecule is CC(CC(N)=NO)NCC1(O)CCCCC1. The summed E-state index contributed by atoms with van der Waals surface area (Å²) in [5.41, 5.74) is 4.86. The van der Waals surface area contributed by atoms with Crippen LogP contribution in [0.15, 0.2) is 5.16 Å². The van der Waals surface area contributed by atoms with Gasteiger partial charge in [-0.1, -0.05) is 24.4 Å². The van der Waals surface area contributed by atoms with Crippen LogP contribution in [0.5, 0.6) is 0 Å². The average Bonchev–Trinajstić information content (AvgIpc) is 2.27. The molecular weight excluding hydrogens is 206 g/mol. The van der Waals surface area contributed by atoms with Crippen molar-refractivity contribution in [3.8, 4) is 0 Å². The summed E-state index contributed by atoms with van der Waals surface area (Å²) in [5.74, 6) is 0.218. The fourth-order valence-electron chi connectivity index (χ4n) is 2.18. The Kier molecular flexibility index (Phi) is 5.02. The van der Waals surface area contributed by atoms with E-state index in [-0.39, 0.29) is 11.9 Å². The monoisotopic (exact) mass is 229 g/mol. The first-order valence-corrected chi connectivity index (χ1v) is 5.98. The van der Waals surface area contributed by atoms with Gasteiger partial charge in [0.05, 0.1) is 5.60 Å². The van der Waals surface area contributed by atoms with Gasteiger partial charge in [0.1, 0.15) is 5.84 Å². The van der Waals surface area contributed by atoms with Crippen molar-refractivity contribution in [2.45, 2.75) is 57.1 Å². The van der Waals surface area contributed by atoms with E-state index in [0.29, 0.717) is 13.0 Å². The lowest BCUT2D eigenvalue weighted by Gasteiger charge is -2.33. The Bertz CT molecular complexity index is 237. The van der Waals surface area contributed by atoms with Crippen LogP contribution in [0.4, 0.5) is 0 Å². The van der Waals surface area contributed by atoms with E-state index >= 15 is 0 Å². The largest absolute Gasteiger partial charge is 0.409 e. The van der Waals surface area contributed by atoms with Crippen LogP contribution < -0.4 is 11.1 Å². The molecule has 0 radical (unpaired) electrons. The Morgan fingerprint density at radius 3 is 2.62 bits per heavy atom. The molecule has 1 fully saturated rings. The highest BCUT2D eigenvalue weighted by Gasteiger charge is 2.29. The molecule has 0 spiro atoms. The molecule has 1 unspecified atom stereocenters. The van der Waals surface area contributed by atoms with E-state index in [1.54, 1.807) is 0 Å². The van der Waals surface area contributed by atoms with Crippen LogP contribution in [0.2, 0.25) is 0 Å². The highest BCUT2D eigenvalue weighted by molar-refractivity contribution is 5.80. The molecule has 5 N–H and O–H groups in total. The number of hydrogen-bond donors (Lipinski definition) is 4. The molecule has 1 saturated carbocycles. The second-order valence-electron chi connectivity index (χ2n) is 4.86. The lowest BCUT2D eigenvalue weighted by atomic mass is 9.85. The molecule has 5 heteroatoms. The van der Waals surface area contributed by atoms with Gasteiger partial charge in [0.2, 0.25) is 0 Å². The van der Waals surface area contributed by atoms with Crippen molar-refractivity contribution in [1.29, 1.82) is 0 Å². The van der Waals surface area contributed by atoms with Gasteiger partial charge in [0.25, 0.3) is 0 Å². The minimum Gasteiger partial charge on any atom is -0.409 e. The Morgan fingerprint density at radius 1 is 1.44 bits per heavy atom. The van der Waals surface area contributed by atoms with E-state index in [2.05, 4.69) is 10.5 Å². The summed E-state index contributed by atoms with van der Waals surface area (Å²) >= 11 is 0. The third kappa shape index (κ3) is 4.37. The number of nitrogens with zero attached hydrogens (tertiary/aromatic N) is 1. The van der Waals surface area contributed by atoms with Crippen LogP contribution in [-0.4, -0.2) is 34.3 Å². The molecule has 1 atom stereocenters. The fraction of sp³-hybridized carbons (Fsp3) is 0.909. The number of aliphatic hydroxyl groups is 1. The standard InChI is InChI=1S/C11H23N3O2/c1-9(7-10(12)14-16)13-8-11(15)5-3-2-4-6-11/h9,13,15-16H,2-8H2,1H3,(H2,12,14). The van der Waals surface area contributed by atoms with Gasteiger partial charge in [-0.25, -0.2) is 0 Å². The first-order chi connectivity index (χ1) is 7.56. The second-order valence-corrected chi connectivity index (χ2v) is 4.86. The third-order valence-electron chi connectivity index (χ3n) is 3.21. The first-order valence-electron chi connectivity index (χ1n) is 5.98. The quantitative estimate of drug-likeness (QED) is 0.243. The van der Waals surface area contributed by atoms with Crippen LogP contribution in [0, 0.1) is 0 Å². The van der Waals surface area contributed by atoms with E-state index in [0.717, 1.165) is 25.7 Å². The fourth-order valence-corrected chi connectivity index (χ4v) is 2.18. The predicted molar refractivity (Wildman–Crippen MR) is 63.5 cm³/mol. The highest BCUT2D eigenvalue weighted by atomic mass is 16.4. The van der Waals surface area contributed by atoms with Crippen molar-refractivity contribution in [2.24, 2.45) is 10.9 Å². The topological polar surface area (TPSA) is 90.9 Å². The lowest BCUT2D eigenvalue weighted by Crippen LogP contribution is -2.45. The summed E-state index contributed by atoms with van der Waals surface area (Å²) in [6.07, 6.45) is 5.67. The summed E-state index contributed by atoms with van der Waals surface area (Å²) in [7, 11) is 0. The molecule has 5 nitrogen and oxygen atoms in total. The van der Waals surface area contributed by atoms with Crippen molar-refractivity contribution in [3.05, 3.63) is 0 Å². The van der Waals surface area contributed by atoms with Gasteiger partial charge in [-0.3, -0.25) is 0 Å². The maximum Gasteiger partial charge on any atom is 0.140 e. The zero-order chi connectivity index (χ0) is 12.0. The molecule has 0 aliphatic heterocycles. The number of nitrogens with one attached hydrogen (secondary N) is 1.